The molecule has 0 fully saturated rings. The Hall–Kier alpha value is -1.27. The van der Waals surface area contributed by atoms with Gasteiger partial charge >= 0.3 is 0 Å². The van der Waals surface area contributed by atoms with Gasteiger partial charge in [0.15, 0.2) is 5.82 Å². The zero-order valence-corrected chi connectivity index (χ0v) is 8.72. The second-order valence-corrected chi connectivity index (χ2v) is 3.48. The molecule has 0 unspecified atom stereocenters. The van der Waals surface area contributed by atoms with Gasteiger partial charge in [-0.3, -0.25) is 5.10 Å². The number of aliphatic hydroxyl groups is 1. The summed E-state index contributed by atoms with van der Waals surface area (Å²) in [7, 11) is 0. The fourth-order valence-corrected chi connectivity index (χ4v) is 1.49. The molecule has 2 heterocycles. The summed E-state index contributed by atoms with van der Waals surface area (Å²) in [6.45, 7) is 3.66. The highest BCUT2D eigenvalue weighted by Gasteiger charge is 2.06. The third-order valence-electron chi connectivity index (χ3n) is 2.16. The van der Waals surface area contributed by atoms with Crippen LogP contribution in [0.3, 0.4) is 0 Å². The number of fused-ring (bicyclic) bond motifs is 1. The van der Waals surface area contributed by atoms with Gasteiger partial charge in [-0.25, -0.2) is 9.50 Å². The van der Waals surface area contributed by atoms with E-state index in [1.165, 1.54) is 0 Å². The van der Waals surface area contributed by atoms with Crippen molar-refractivity contribution in [3.8, 4) is 0 Å². The quantitative estimate of drug-likeness (QED) is 0.686. The van der Waals surface area contributed by atoms with E-state index in [2.05, 4.69) is 15.1 Å². The Bertz CT molecular complexity index is 542. The van der Waals surface area contributed by atoms with Crippen molar-refractivity contribution in [2.45, 2.75) is 20.5 Å². The molecule has 0 aromatic carbocycles. The number of hydrogen-bond donors (Lipinski definition) is 2. The molecule has 5 nitrogen and oxygen atoms in total. The zero-order chi connectivity index (χ0) is 10.3. The third kappa shape index (κ3) is 1.23. The van der Waals surface area contributed by atoms with Crippen LogP contribution in [0.4, 0.5) is 0 Å². The highest BCUT2D eigenvalue weighted by Crippen LogP contribution is 2.08. The normalized spacial score (nSPS) is 11.1. The van der Waals surface area contributed by atoms with Crippen LogP contribution in [0.5, 0.6) is 0 Å². The number of hydrogen-bond acceptors (Lipinski definition) is 4. The summed E-state index contributed by atoms with van der Waals surface area (Å²) in [6, 6.07) is 0. The van der Waals surface area contributed by atoms with Crippen LogP contribution in [0.1, 0.15) is 17.1 Å². The predicted octanol–water partition coefficient (Wildman–Crippen LogP) is 0.896. The molecule has 2 rings (SSSR count). The van der Waals surface area contributed by atoms with Crippen molar-refractivity contribution in [1.29, 1.82) is 0 Å². The Balaban J connectivity index is 2.88. The second-order valence-electron chi connectivity index (χ2n) is 3.09. The molecular formula is C8H10N4OS. The maximum atomic E-state index is 8.90. The SMILES string of the molecule is Cc1nc2nc(CO)[nH]n2c(=S)c1C. The van der Waals surface area contributed by atoms with E-state index in [1.807, 2.05) is 13.8 Å². The third-order valence-corrected chi connectivity index (χ3v) is 2.65. The summed E-state index contributed by atoms with van der Waals surface area (Å²) < 4.78 is 2.25. The first kappa shape index (κ1) is 9.29. The number of H-pyrrole nitrogens is 1. The highest BCUT2D eigenvalue weighted by atomic mass is 32.1. The van der Waals surface area contributed by atoms with Crippen molar-refractivity contribution in [3.63, 3.8) is 0 Å². The monoisotopic (exact) mass is 210 g/mol. The molecule has 6 heteroatoms. The summed E-state index contributed by atoms with van der Waals surface area (Å²) in [5.74, 6) is 0.968. The molecule has 0 radical (unpaired) electrons. The van der Waals surface area contributed by atoms with Gasteiger partial charge in [0, 0.05) is 11.3 Å². The van der Waals surface area contributed by atoms with E-state index in [0.29, 0.717) is 16.2 Å². The van der Waals surface area contributed by atoms with Crippen molar-refractivity contribution < 1.29 is 5.11 Å². The lowest BCUT2D eigenvalue weighted by Crippen LogP contribution is -1.98. The molecule has 0 aliphatic heterocycles. The van der Waals surface area contributed by atoms with E-state index in [0.717, 1.165) is 11.3 Å². The first-order chi connectivity index (χ1) is 6.63. The fraction of sp³-hybridized carbons (Fsp3) is 0.375. The first-order valence-corrected chi connectivity index (χ1v) is 4.60. The molecule has 0 saturated heterocycles. The summed E-state index contributed by atoms with van der Waals surface area (Å²) >= 11 is 5.21. The van der Waals surface area contributed by atoms with Gasteiger partial charge < -0.3 is 5.11 Å². The van der Waals surface area contributed by atoms with E-state index in [1.54, 1.807) is 4.52 Å². The van der Waals surface area contributed by atoms with Crippen molar-refractivity contribution in [3.05, 3.63) is 21.7 Å². The molecule has 14 heavy (non-hydrogen) atoms. The average Bonchev–Trinajstić information content (AvgIpc) is 2.57. The molecule has 74 valence electrons. The molecule has 0 saturated carbocycles. The Kier molecular flexibility index (Phi) is 2.09. The van der Waals surface area contributed by atoms with Crippen molar-refractivity contribution >= 4 is 18.0 Å². The van der Waals surface area contributed by atoms with Gasteiger partial charge in [0.2, 0.25) is 0 Å². The van der Waals surface area contributed by atoms with Crippen LogP contribution >= 0.6 is 12.2 Å². The Morgan fingerprint density at radius 2 is 2.14 bits per heavy atom. The van der Waals surface area contributed by atoms with Crippen LogP contribution in [0.2, 0.25) is 0 Å². The van der Waals surface area contributed by atoms with Crippen LogP contribution in [-0.2, 0) is 6.61 Å². The van der Waals surface area contributed by atoms with Gasteiger partial charge in [0.05, 0.1) is 0 Å². The molecular weight excluding hydrogens is 200 g/mol. The molecule has 0 atom stereocenters. The highest BCUT2D eigenvalue weighted by molar-refractivity contribution is 7.71. The van der Waals surface area contributed by atoms with E-state index >= 15 is 0 Å². The van der Waals surface area contributed by atoms with E-state index in [-0.39, 0.29) is 6.61 Å². The maximum absolute atomic E-state index is 8.90. The van der Waals surface area contributed by atoms with E-state index in [9.17, 15) is 0 Å². The number of nitrogens with one attached hydrogen (secondary N) is 1. The standard InChI is InChI=1S/C8H10N4OS/c1-4-5(2)9-8-10-6(3-13)11-12(8)7(4)14/h13H,3H2,1-2H3,(H,9,10,11). The lowest BCUT2D eigenvalue weighted by Gasteiger charge is -1.99. The van der Waals surface area contributed by atoms with Crippen molar-refractivity contribution in [2.75, 3.05) is 0 Å². The predicted molar refractivity (Wildman–Crippen MR) is 53.6 cm³/mol. The second kappa shape index (κ2) is 3.14. The minimum atomic E-state index is -0.143. The largest absolute Gasteiger partial charge is 0.388 e. The number of aromatic amines is 1. The average molecular weight is 210 g/mol. The Labute approximate surface area is 85.4 Å². The van der Waals surface area contributed by atoms with Crippen LogP contribution in [-0.4, -0.2) is 24.7 Å². The maximum Gasteiger partial charge on any atom is 0.252 e. The van der Waals surface area contributed by atoms with Crippen LogP contribution in [0.25, 0.3) is 5.78 Å². The number of aliphatic hydroxyl groups excluding tert-OH is 1. The topological polar surface area (TPSA) is 66.2 Å². The summed E-state index contributed by atoms with van der Waals surface area (Å²) in [5.41, 5.74) is 1.82. The van der Waals surface area contributed by atoms with Crippen LogP contribution in [0, 0.1) is 18.5 Å². The van der Waals surface area contributed by atoms with Gasteiger partial charge in [0.1, 0.15) is 11.2 Å². The molecule has 2 aromatic rings. The molecule has 0 bridgehead atoms. The molecule has 0 aliphatic carbocycles. The minimum absolute atomic E-state index is 0.143. The molecule has 2 aromatic heterocycles. The first-order valence-electron chi connectivity index (χ1n) is 4.19. The number of rotatable bonds is 1. The van der Waals surface area contributed by atoms with Crippen LogP contribution in [0.15, 0.2) is 0 Å². The van der Waals surface area contributed by atoms with E-state index in [4.69, 9.17) is 17.3 Å². The van der Waals surface area contributed by atoms with Crippen molar-refractivity contribution in [1.82, 2.24) is 19.6 Å². The number of aryl methyl sites for hydroxylation is 1. The van der Waals surface area contributed by atoms with Crippen molar-refractivity contribution in [2.24, 2.45) is 0 Å². The lowest BCUT2D eigenvalue weighted by atomic mass is 10.3. The van der Waals surface area contributed by atoms with Gasteiger partial charge in [-0.05, 0) is 13.8 Å². The van der Waals surface area contributed by atoms with Gasteiger partial charge in [-0.1, -0.05) is 12.2 Å². The van der Waals surface area contributed by atoms with E-state index < -0.39 is 0 Å². The molecule has 0 amide bonds. The van der Waals surface area contributed by atoms with Gasteiger partial charge in [-0.2, -0.15) is 4.98 Å². The zero-order valence-electron chi connectivity index (χ0n) is 7.90. The fourth-order valence-electron chi connectivity index (χ4n) is 1.22. The summed E-state index contributed by atoms with van der Waals surface area (Å²) in [5, 5.41) is 11.8. The molecule has 0 aliphatic rings. The smallest absolute Gasteiger partial charge is 0.252 e. The Morgan fingerprint density at radius 3 is 2.79 bits per heavy atom. The molecule has 0 spiro atoms. The van der Waals surface area contributed by atoms with Gasteiger partial charge in [-0.15, -0.1) is 0 Å². The summed E-state index contributed by atoms with van der Waals surface area (Å²) in [4.78, 5) is 8.32. The van der Waals surface area contributed by atoms with Gasteiger partial charge in [0.25, 0.3) is 5.78 Å². The minimum Gasteiger partial charge on any atom is -0.388 e. The summed E-state index contributed by atoms with van der Waals surface area (Å²) in [6.07, 6.45) is 0. The molecule has 2 N–H and O–H groups in total. The number of nitrogens with zero attached hydrogens (tertiary/aromatic N) is 3. The number of aromatic nitrogens is 4. The lowest BCUT2D eigenvalue weighted by molar-refractivity contribution is 0.271. The Morgan fingerprint density at radius 1 is 1.43 bits per heavy atom. The van der Waals surface area contributed by atoms with Crippen LogP contribution < -0.4 is 0 Å².